The Morgan fingerprint density at radius 1 is 1.35 bits per heavy atom. The van der Waals surface area contributed by atoms with E-state index in [1.165, 1.54) is 17.0 Å². The molecule has 0 fully saturated rings. The Hall–Kier alpha value is -1.13. The van der Waals surface area contributed by atoms with E-state index in [2.05, 4.69) is 34.4 Å². The van der Waals surface area contributed by atoms with Crippen molar-refractivity contribution in [1.29, 1.82) is 0 Å². The van der Waals surface area contributed by atoms with Crippen molar-refractivity contribution in [3.8, 4) is 10.6 Å². The minimum Gasteiger partial charge on any atom is -0.346 e. The molecule has 2 aromatic rings. The third kappa shape index (κ3) is 3.17. The van der Waals surface area contributed by atoms with Crippen LogP contribution in [0.4, 0.5) is 0 Å². The van der Waals surface area contributed by atoms with Gasteiger partial charge in [-0.15, -0.1) is 11.3 Å². The summed E-state index contributed by atoms with van der Waals surface area (Å²) in [6.45, 7) is 2.88. The number of thiophene rings is 1. The fourth-order valence-electron chi connectivity index (χ4n) is 1.91. The number of rotatable bonds is 6. The van der Waals surface area contributed by atoms with Crippen LogP contribution in [-0.4, -0.2) is 16.5 Å². The molecule has 4 heteroatoms. The van der Waals surface area contributed by atoms with E-state index in [9.17, 15) is 0 Å². The third-order valence-corrected chi connectivity index (χ3v) is 3.68. The lowest BCUT2D eigenvalue weighted by Crippen LogP contribution is -1.98. The molecule has 92 valence electrons. The lowest BCUT2D eigenvalue weighted by Gasteiger charge is -1.96. The van der Waals surface area contributed by atoms with Gasteiger partial charge >= 0.3 is 0 Å². The van der Waals surface area contributed by atoms with E-state index >= 15 is 0 Å². The van der Waals surface area contributed by atoms with Crippen molar-refractivity contribution in [1.82, 2.24) is 9.97 Å². The SMILES string of the molecule is Cc1[nH]c(CCCCCN)nc1-c1cccs1. The topological polar surface area (TPSA) is 54.7 Å². The number of nitrogens with one attached hydrogen (secondary N) is 1. The summed E-state index contributed by atoms with van der Waals surface area (Å²) in [5.74, 6) is 1.10. The summed E-state index contributed by atoms with van der Waals surface area (Å²) in [5, 5.41) is 2.09. The van der Waals surface area contributed by atoms with Crippen LogP contribution in [0.1, 0.15) is 30.8 Å². The summed E-state index contributed by atoms with van der Waals surface area (Å²) >= 11 is 1.74. The molecule has 0 spiro atoms. The van der Waals surface area contributed by atoms with E-state index in [-0.39, 0.29) is 0 Å². The van der Waals surface area contributed by atoms with Crippen molar-refractivity contribution in [2.45, 2.75) is 32.6 Å². The lowest BCUT2D eigenvalue weighted by atomic mass is 10.2. The van der Waals surface area contributed by atoms with Gasteiger partial charge in [-0.25, -0.2) is 4.98 Å². The maximum atomic E-state index is 5.48. The summed E-state index contributed by atoms with van der Waals surface area (Å²) in [6, 6.07) is 4.18. The van der Waals surface area contributed by atoms with Gasteiger partial charge in [-0.3, -0.25) is 0 Å². The molecule has 0 saturated heterocycles. The molecule has 0 unspecified atom stereocenters. The third-order valence-electron chi connectivity index (χ3n) is 2.81. The molecule has 0 bridgehead atoms. The fraction of sp³-hybridized carbons (Fsp3) is 0.462. The molecule has 0 radical (unpaired) electrons. The number of aromatic amines is 1. The molecule has 0 atom stereocenters. The molecular weight excluding hydrogens is 230 g/mol. The maximum absolute atomic E-state index is 5.48. The number of hydrogen-bond donors (Lipinski definition) is 2. The first kappa shape index (κ1) is 12.3. The molecule has 17 heavy (non-hydrogen) atoms. The summed E-state index contributed by atoms with van der Waals surface area (Å²) in [6.07, 6.45) is 4.47. The van der Waals surface area contributed by atoms with Gasteiger partial charge in [-0.2, -0.15) is 0 Å². The van der Waals surface area contributed by atoms with E-state index in [1.807, 2.05) is 0 Å². The van der Waals surface area contributed by atoms with Crippen LogP contribution >= 0.6 is 11.3 Å². The summed E-state index contributed by atoms with van der Waals surface area (Å²) in [5.41, 5.74) is 7.75. The molecule has 0 aliphatic rings. The first-order valence-corrected chi connectivity index (χ1v) is 6.98. The van der Waals surface area contributed by atoms with Gasteiger partial charge in [0, 0.05) is 12.1 Å². The monoisotopic (exact) mass is 249 g/mol. The van der Waals surface area contributed by atoms with Gasteiger partial charge in [0.25, 0.3) is 0 Å². The highest BCUT2D eigenvalue weighted by Crippen LogP contribution is 2.26. The average molecular weight is 249 g/mol. The molecule has 0 aliphatic carbocycles. The first-order valence-electron chi connectivity index (χ1n) is 6.10. The Morgan fingerprint density at radius 2 is 2.24 bits per heavy atom. The van der Waals surface area contributed by atoms with Crippen molar-refractivity contribution >= 4 is 11.3 Å². The smallest absolute Gasteiger partial charge is 0.107 e. The second-order valence-corrected chi connectivity index (χ2v) is 5.18. The zero-order valence-electron chi connectivity index (χ0n) is 10.2. The van der Waals surface area contributed by atoms with Gasteiger partial charge in [0.2, 0.25) is 0 Å². The summed E-state index contributed by atoms with van der Waals surface area (Å²) < 4.78 is 0. The van der Waals surface area contributed by atoms with Crippen molar-refractivity contribution in [3.63, 3.8) is 0 Å². The zero-order chi connectivity index (χ0) is 12.1. The Kier molecular flexibility index (Phi) is 4.34. The molecular formula is C13H19N3S. The van der Waals surface area contributed by atoms with Gasteiger partial charge in [0.15, 0.2) is 0 Å². The van der Waals surface area contributed by atoms with Crippen LogP contribution in [0.2, 0.25) is 0 Å². The quantitative estimate of drug-likeness (QED) is 0.773. The van der Waals surface area contributed by atoms with Crippen molar-refractivity contribution in [2.24, 2.45) is 5.73 Å². The molecule has 2 heterocycles. The van der Waals surface area contributed by atoms with Gasteiger partial charge in [0.05, 0.1) is 4.88 Å². The van der Waals surface area contributed by atoms with Crippen LogP contribution in [0.5, 0.6) is 0 Å². The van der Waals surface area contributed by atoms with E-state index < -0.39 is 0 Å². The number of hydrogen-bond acceptors (Lipinski definition) is 3. The van der Waals surface area contributed by atoms with Crippen LogP contribution < -0.4 is 5.73 Å². The standard InChI is InChI=1S/C13H19N3S/c1-10-13(11-6-5-9-17-11)16-12(15-10)7-3-2-4-8-14/h5-6,9H,2-4,7-8,14H2,1H3,(H,15,16). The maximum Gasteiger partial charge on any atom is 0.107 e. The molecule has 0 amide bonds. The molecule has 0 aromatic carbocycles. The molecule has 2 aromatic heterocycles. The highest BCUT2D eigenvalue weighted by molar-refractivity contribution is 7.13. The molecule has 0 aliphatic heterocycles. The number of aromatic nitrogens is 2. The highest BCUT2D eigenvalue weighted by Gasteiger charge is 2.09. The Morgan fingerprint density at radius 3 is 2.94 bits per heavy atom. The second kappa shape index (κ2) is 5.98. The van der Waals surface area contributed by atoms with E-state index in [0.29, 0.717) is 0 Å². The van der Waals surface area contributed by atoms with Crippen LogP contribution in [0.25, 0.3) is 10.6 Å². The van der Waals surface area contributed by atoms with Crippen LogP contribution in [0, 0.1) is 6.92 Å². The summed E-state index contributed by atoms with van der Waals surface area (Å²) in [4.78, 5) is 9.29. The second-order valence-electron chi connectivity index (χ2n) is 4.23. The average Bonchev–Trinajstić information content (AvgIpc) is 2.93. The lowest BCUT2D eigenvalue weighted by molar-refractivity contribution is 0.672. The number of imidazole rings is 1. The Balaban J connectivity index is 1.99. The largest absolute Gasteiger partial charge is 0.346 e. The van der Waals surface area contributed by atoms with Gasteiger partial charge in [-0.05, 0) is 37.8 Å². The molecule has 2 rings (SSSR count). The van der Waals surface area contributed by atoms with E-state index in [1.54, 1.807) is 11.3 Å². The van der Waals surface area contributed by atoms with Crippen LogP contribution in [-0.2, 0) is 6.42 Å². The van der Waals surface area contributed by atoms with E-state index in [4.69, 9.17) is 5.73 Å². The minimum atomic E-state index is 0.789. The summed E-state index contributed by atoms with van der Waals surface area (Å²) in [7, 11) is 0. The number of aryl methyl sites for hydroxylation is 2. The predicted molar refractivity (Wildman–Crippen MR) is 73.2 cm³/mol. The van der Waals surface area contributed by atoms with Crippen LogP contribution in [0.15, 0.2) is 17.5 Å². The van der Waals surface area contributed by atoms with Crippen molar-refractivity contribution in [2.75, 3.05) is 6.54 Å². The fourth-order valence-corrected chi connectivity index (χ4v) is 2.68. The number of H-pyrrole nitrogens is 1. The normalized spacial score (nSPS) is 10.9. The van der Waals surface area contributed by atoms with Gasteiger partial charge in [-0.1, -0.05) is 12.5 Å². The minimum absolute atomic E-state index is 0.789. The predicted octanol–water partition coefficient (Wildman–Crippen LogP) is 3.12. The molecule has 3 N–H and O–H groups in total. The number of unbranched alkanes of at least 4 members (excludes halogenated alkanes) is 2. The first-order chi connectivity index (χ1) is 8.31. The van der Waals surface area contributed by atoms with Gasteiger partial charge < -0.3 is 10.7 Å². The number of nitrogens with zero attached hydrogens (tertiary/aromatic N) is 1. The highest BCUT2D eigenvalue weighted by atomic mass is 32.1. The van der Waals surface area contributed by atoms with Crippen molar-refractivity contribution < 1.29 is 0 Å². The molecule has 3 nitrogen and oxygen atoms in total. The van der Waals surface area contributed by atoms with E-state index in [0.717, 1.165) is 37.3 Å². The van der Waals surface area contributed by atoms with Crippen LogP contribution in [0.3, 0.4) is 0 Å². The Bertz CT molecular complexity index is 445. The Labute approximate surface area is 106 Å². The zero-order valence-corrected chi connectivity index (χ0v) is 11.0. The van der Waals surface area contributed by atoms with Crippen molar-refractivity contribution in [3.05, 3.63) is 29.0 Å². The number of nitrogens with two attached hydrogens (primary N) is 1. The molecule has 0 saturated carbocycles. The van der Waals surface area contributed by atoms with Gasteiger partial charge in [0.1, 0.15) is 11.5 Å².